The Morgan fingerprint density at radius 1 is 1.45 bits per heavy atom. The van der Waals surface area contributed by atoms with Crippen molar-refractivity contribution in [1.29, 1.82) is 0 Å². The van der Waals surface area contributed by atoms with E-state index in [-0.39, 0.29) is 17.5 Å². The molecule has 0 aromatic heterocycles. The molecule has 5 nitrogen and oxygen atoms in total. The van der Waals surface area contributed by atoms with Gasteiger partial charge in [-0.2, -0.15) is 0 Å². The van der Waals surface area contributed by atoms with Crippen LogP contribution in [-0.2, 0) is 14.8 Å². The number of sulfonamides is 1. The minimum atomic E-state index is -3.57. The van der Waals surface area contributed by atoms with Crippen molar-refractivity contribution >= 4 is 10.0 Å². The van der Waals surface area contributed by atoms with Crippen molar-refractivity contribution in [3.05, 3.63) is 29.8 Å². The van der Waals surface area contributed by atoms with Crippen LogP contribution in [0, 0.1) is 11.8 Å². The van der Waals surface area contributed by atoms with Crippen molar-refractivity contribution < 1.29 is 18.3 Å². The largest absolute Gasteiger partial charge is 0.384 e. The molecule has 20 heavy (non-hydrogen) atoms. The van der Waals surface area contributed by atoms with E-state index in [2.05, 4.69) is 16.6 Å². The van der Waals surface area contributed by atoms with Crippen LogP contribution in [-0.4, -0.2) is 39.4 Å². The van der Waals surface area contributed by atoms with E-state index < -0.39 is 10.0 Å². The highest BCUT2D eigenvalue weighted by Crippen LogP contribution is 2.14. The SMILES string of the molecule is O=S(=O)(NC1CCCOC1)c1cccc(C#CCO)c1. The second-order valence-electron chi connectivity index (χ2n) is 4.52. The Bertz CT molecular complexity index is 610. The van der Waals surface area contributed by atoms with Crippen molar-refractivity contribution in [3.8, 4) is 11.8 Å². The first-order valence-corrected chi connectivity index (χ1v) is 7.90. The van der Waals surface area contributed by atoms with Crippen LogP contribution in [0.25, 0.3) is 0 Å². The number of ether oxygens (including phenoxy) is 1. The van der Waals surface area contributed by atoms with Crippen molar-refractivity contribution in [1.82, 2.24) is 4.72 Å². The molecule has 0 amide bonds. The Hall–Kier alpha value is -1.39. The Morgan fingerprint density at radius 2 is 2.30 bits per heavy atom. The molecule has 0 aliphatic carbocycles. The molecule has 2 rings (SSSR count). The molecule has 1 saturated heterocycles. The molecule has 0 radical (unpaired) electrons. The van der Waals surface area contributed by atoms with Crippen molar-refractivity contribution in [3.63, 3.8) is 0 Å². The van der Waals surface area contributed by atoms with E-state index in [1.165, 1.54) is 12.1 Å². The van der Waals surface area contributed by atoms with Gasteiger partial charge in [0.1, 0.15) is 6.61 Å². The smallest absolute Gasteiger partial charge is 0.240 e. The molecular weight excluding hydrogens is 278 g/mol. The molecule has 1 fully saturated rings. The Balaban J connectivity index is 2.16. The lowest BCUT2D eigenvalue weighted by atomic mass is 10.1. The molecule has 1 aliphatic rings. The first-order chi connectivity index (χ1) is 9.62. The average Bonchev–Trinajstić information content (AvgIpc) is 2.46. The van der Waals surface area contributed by atoms with Gasteiger partial charge in [-0.3, -0.25) is 0 Å². The summed E-state index contributed by atoms with van der Waals surface area (Å²) in [6, 6.07) is 6.17. The molecule has 1 unspecified atom stereocenters. The lowest BCUT2D eigenvalue weighted by Crippen LogP contribution is -2.40. The van der Waals surface area contributed by atoms with Crippen LogP contribution in [0.3, 0.4) is 0 Å². The molecule has 2 N–H and O–H groups in total. The van der Waals surface area contributed by atoms with Gasteiger partial charge in [-0.25, -0.2) is 13.1 Å². The molecule has 1 atom stereocenters. The number of hydrogen-bond donors (Lipinski definition) is 2. The van der Waals surface area contributed by atoms with Crippen molar-refractivity contribution in [2.45, 2.75) is 23.8 Å². The van der Waals surface area contributed by atoms with Gasteiger partial charge in [0.15, 0.2) is 0 Å². The second kappa shape index (κ2) is 6.86. The van der Waals surface area contributed by atoms with Crippen LogP contribution in [0.4, 0.5) is 0 Å². The van der Waals surface area contributed by atoms with Crippen LogP contribution in [0.1, 0.15) is 18.4 Å². The summed E-state index contributed by atoms with van der Waals surface area (Å²) in [7, 11) is -3.57. The zero-order valence-electron chi connectivity index (χ0n) is 11.0. The van der Waals surface area contributed by atoms with Crippen LogP contribution in [0.2, 0.25) is 0 Å². The van der Waals surface area contributed by atoms with Crippen LogP contribution < -0.4 is 4.72 Å². The summed E-state index contributed by atoms with van der Waals surface area (Å²) in [4.78, 5) is 0.174. The predicted molar refractivity (Wildman–Crippen MR) is 74.6 cm³/mol. The third-order valence-electron chi connectivity index (χ3n) is 2.94. The monoisotopic (exact) mass is 295 g/mol. The summed E-state index contributed by atoms with van der Waals surface area (Å²) >= 11 is 0. The van der Waals surface area contributed by atoms with E-state index in [4.69, 9.17) is 9.84 Å². The van der Waals surface area contributed by atoms with Crippen LogP contribution in [0.15, 0.2) is 29.2 Å². The van der Waals surface area contributed by atoms with E-state index in [0.717, 1.165) is 12.8 Å². The van der Waals surface area contributed by atoms with E-state index in [9.17, 15) is 8.42 Å². The van der Waals surface area contributed by atoms with E-state index in [1.807, 2.05) is 0 Å². The quantitative estimate of drug-likeness (QED) is 0.796. The molecule has 1 aromatic carbocycles. The maximum absolute atomic E-state index is 12.3. The highest BCUT2D eigenvalue weighted by atomic mass is 32.2. The lowest BCUT2D eigenvalue weighted by Gasteiger charge is -2.22. The Kier molecular flexibility index (Phi) is 5.15. The molecule has 1 heterocycles. The summed E-state index contributed by atoms with van der Waals surface area (Å²) in [5.41, 5.74) is 0.557. The van der Waals surface area contributed by atoms with Crippen LogP contribution in [0.5, 0.6) is 0 Å². The number of benzene rings is 1. The molecule has 0 bridgehead atoms. The second-order valence-corrected chi connectivity index (χ2v) is 6.24. The van der Waals surface area contributed by atoms with Crippen molar-refractivity contribution in [2.24, 2.45) is 0 Å². The Morgan fingerprint density at radius 3 is 3.00 bits per heavy atom. The third-order valence-corrected chi connectivity index (χ3v) is 4.46. The predicted octanol–water partition coefficient (Wildman–Crippen LogP) is 0.488. The van der Waals surface area contributed by atoms with Gasteiger partial charge in [-0.15, -0.1) is 0 Å². The van der Waals surface area contributed by atoms with Gasteiger partial charge >= 0.3 is 0 Å². The first-order valence-electron chi connectivity index (χ1n) is 6.42. The van der Waals surface area contributed by atoms with Crippen LogP contribution >= 0.6 is 0 Å². The zero-order chi connectivity index (χ0) is 14.4. The molecule has 1 aliphatic heterocycles. The molecular formula is C14H17NO4S. The summed E-state index contributed by atoms with van der Waals surface area (Å²) in [5, 5.41) is 8.65. The maximum atomic E-state index is 12.3. The molecule has 0 saturated carbocycles. The minimum absolute atomic E-state index is 0.174. The lowest BCUT2D eigenvalue weighted by molar-refractivity contribution is 0.0774. The molecule has 6 heteroatoms. The minimum Gasteiger partial charge on any atom is -0.384 e. The fraction of sp³-hybridized carbons (Fsp3) is 0.429. The van der Waals surface area contributed by atoms with Gasteiger partial charge in [-0.05, 0) is 31.0 Å². The maximum Gasteiger partial charge on any atom is 0.240 e. The van der Waals surface area contributed by atoms with E-state index in [1.54, 1.807) is 12.1 Å². The fourth-order valence-electron chi connectivity index (χ4n) is 2.00. The van der Waals surface area contributed by atoms with Gasteiger partial charge in [0, 0.05) is 18.2 Å². The van der Waals surface area contributed by atoms with Gasteiger partial charge in [0.2, 0.25) is 10.0 Å². The number of hydrogen-bond acceptors (Lipinski definition) is 4. The van der Waals surface area contributed by atoms with E-state index in [0.29, 0.717) is 18.8 Å². The molecule has 108 valence electrons. The topological polar surface area (TPSA) is 75.6 Å². The van der Waals surface area contributed by atoms with Crippen molar-refractivity contribution in [2.75, 3.05) is 19.8 Å². The summed E-state index contributed by atoms with van der Waals surface area (Å²) in [6.07, 6.45) is 1.64. The number of nitrogens with one attached hydrogen (secondary N) is 1. The first kappa shape index (κ1) is 15.0. The highest BCUT2D eigenvalue weighted by molar-refractivity contribution is 7.89. The highest BCUT2D eigenvalue weighted by Gasteiger charge is 2.22. The summed E-state index contributed by atoms with van der Waals surface area (Å²) < 4.78 is 32.4. The summed E-state index contributed by atoms with van der Waals surface area (Å²) in [6.45, 7) is 0.836. The van der Waals surface area contributed by atoms with Gasteiger partial charge in [0.05, 0.1) is 11.5 Å². The summed E-state index contributed by atoms with van der Waals surface area (Å²) in [5.74, 6) is 5.19. The number of aliphatic hydroxyl groups excluding tert-OH is 1. The number of rotatable bonds is 3. The number of aliphatic hydroxyl groups is 1. The fourth-order valence-corrected chi connectivity index (χ4v) is 3.30. The normalized spacial score (nSPS) is 19.1. The zero-order valence-corrected chi connectivity index (χ0v) is 11.8. The standard InChI is InChI=1S/C14H17NO4S/c16-8-2-5-12-4-1-7-14(10-12)20(17,18)15-13-6-3-9-19-11-13/h1,4,7,10,13,15-16H,3,6,8-9,11H2. The van der Waals surface area contributed by atoms with E-state index >= 15 is 0 Å². The van der Waals surface area contributed by atoms with Gasteiger partial charge in [0.25, 0.3) is 0 Å². The molecule has 0 spiro atoms. The van der Waals surface area contributed by atoms with Gasteiger partial charge < -0.3 is 9.84 Å². The Labute approximate surface area is 119 Å². The van der Waals surface area contributed by atoms with Gasteiger partial charge in [-0.1, -0.05) is 17.9 Å². The third kappa shape index (κ3) is 4.05. The average molecular weight is 295 g/mol. The molecule has 1 aromatic rings.